The maximum atomic E-state index is 13.5. The summed E-state index contributed by atoms with van der Waals surface area (Å²) >= 11 is 1.54. The number of hydrogen-bond acceptors (Lipinski definition) is 6. The molecular weight excluding hydrogens is 468 g/mol. The number of thiophene rings is 1. The summed E-state index contributed by atoms with van der Waals surface area (Å²) < 4.78 is 0. The van der Waals surface area contributed by atoms with Gasteiger partial charge in [0.25, 0.3) is 11.8 Å². The number of amides is 2. The van der Waals surface area contributed by atoms with Crippen LogP contribution in [-0.4, -0.2) is 36.3 Å². The number of carbonyl (C=O) groups excluding carboxylic acids is 2. The monoisotopic (exact) mass is 508 g/mol. The van der Waals surface area contributed by atoms with Gasteiger partial charge >= 0.3 is 0 Å². The Balaban J connectivity index is 2.78. The Morgan fingerprint density at radius 2 is 1.53 bits per heavy atom. The lowest BCUT2D eigenvalue weighted by Crippen LogP contribution is -2.43. The number of anilines is 1. The van der Waals surface area contributed by atoms with Gasteiger partial charge in [0.15, 0.2) is 0 Å². The summed E-state index contributed by atoms with van der Waals surface area (Å²) in [5.41, 5.74) is 2.01. The number of nitriles is 2. The highest BCUT2D eigenvalue weighted by Gasteiger charge is 2.36. The normalized spacial score (nSPS) is 15.5. The van der Waals surface area contributed by atoms with Crippen LogP contribution < -0.4 is 4.90 Å². The Morgan fingerprint density at radius 1 is 0.944 bits per heavy atom. The molecule has 2 amide bonds. The minimum Gasteiger partial charge on any atom is -0.362 e. The highest BCUT2D eigenvalue weighted by molar-refractivity contribution is 7.17. The fourth-order valence-corrected chi connectivity index (χ4v) is 5.86. The van der Waals surface area contributed by atoms with Gasteiger partial charge in [0.05, 0.1) is 5.56 Å². The zero-order valence-corrected chi connectivity index (χ0v) is 23.8. The largest absolute Gasteiger partial charge is 0.362 e. The van der Waals surface area contributed by atoms with Gasteiger partial charge in [-0.15, -0.1) is 11.3 Å². The van der Waals surface area contributed by atoms with Crippen LogP contribution in [0.4, 0.5) is 5.00 Å². The molecule has 0 unspecified atom stereocenters. The quantitative estimate of drug-likeness (QED) is 0.245. The van der Waals surface area contributed by atoms with Crippen molar-refractivity contribution < 1.29 is 9.59 Å². The molecule has 0 spiro atoms. The van der Waals surface area contributed by atoms with E-state index in [1.54, 1.807) is 6.92 Å². The Labute approximate surface area is 220 Å². The highest BCUT2D eigenvalue weighted by Crippen LogP contribution is 2.44. The fraction of sp³-hybridized carbons (Fsp3) is 0.586. The predicted octanol–water partition coefficient (Wildman–Crippen LogP) is 6.72. The van der Waals surface area contributed by atoms with Gasteiger partial charge in [-0.05, 0) is 48.8 Å². The maximum Gasteiger partial charge on any atom is 0.271 e. The molecule has 1 aromatic rings. The molecule has 0 saturated heterocycles. The minimum absolute atomic E-state index is 0.0130. The number of imide groups is 1. The highest BCUT2D eigenvalue weighted by atomic mass is 32.1. The molecule has 194 valence electrons. The van der Waals surface area contributed by atoms with Crippen molar-refractivity contribution in [3.63, 3.8) is 0 Å². The third kappa shape index (κ3) is 6.26. The van der Waals surface area contributed by atoms with Gasteiger partial charge in [-0.3, -0.25) is 14.5 Å². The Bertz CT molecular complexity index is 1110. The van der Waals surface area contributed by atoms with Crippen molar-refractivity contribution in [2.24, 2.45) is 0 Å². The molecule has 36 heavy (non-hydrogen) atoms. The van der Waals surface area contributed by atoms with Gasteiger partial charge in [0.1, 0.15) is 22.7 Å². The first-order chi connectivity index (χ1) is 17.1. The van der Waals surface area contributed by atoms with E-state index in [9.17, 15) is 20.1 Å². The standard InChI is InChI=1S/C29H40N4O2S/c1-8-11-14-32(15-12-9-2)28-23(19-31)25(29(5,6)7)24(36-28)17-21-20(4)22(18-30)27(35)33(26(21)34)16-13-10-3/h17H,8-16H2,1-7H3/b21-17-. The molecule has 0 aliphatic carbocycles. The summed E-state index contributed by atoms with van der Waals surface area (Å²) in [7, 11) is 0. The summed E-state index contributed by atoms with van der Waals surface area (Å²) in [6, 6.07) is 4.50. The van der Waals surface area contributed by atoms with Crippen LogP contribution in [0.2, 0.25) is 0 Å². The van der Waals surface area contributed by atoms with Gasteiger partial charge in [-0.1, -0.05) is 60.8 Å². The van der Waals surface area contributed by atoms with E-state index in [2.05, 4.69) is 45.6 Å². The average Bonchev–Trinajstić information content (AvgIpc) is 3.21. The van der Waals surface area contributed by atoms with E-state index in [1.165, 1.54) is 16.2 Å². The van der Waals surface area contributed by atoms with Crippen LogP contribution >= 0.6 is 11.3 Å². The van der Waals surface area contributed by atoms with Crippen molar-refractivity contribution in [1.29, 1.82) is 10.5 Å². The van der Waals surface area contributed by atoms with E-state index in [0.717, 1.165) is 60.6 Å². The average molecular weight is 509 g/mol. The van der Waals surface area contributed by atoms with Crippen molar-refractivity contribution in [2.75, 3.05) is 24.5 Å². The number of rotatable bonds is 11. The molecule has 0 atom stereocenters. The van der Waals surface area contributed by atoms with Crippen LogP contribution in [0.5, 0.6) is 0 Å². The van der Waals surface area contributed by atoms with Crippen LogP contribution in [0.1, 0.15) is 103 Å². The zero-order valence-electron chi connectivity index (χ0n) is 23.0. The molecule has 1 aliphatic heterocycles. The summed E-state index contributed by atoms with van der Waals surface area (Å²) in [4.78, 5) is 30.7. The van der Waals surface area contributed by atoms with Crippen LogP contribution in [-0.2, 0) is 15.0 Å². The van der Waals surface area contributed by atoms with Crippen molar-refractivity contribution in [1.82, 2.24) is 4.90 Å². The van der Waals surface area contributed by atoms with E-state index >= 15 is 0 Å². The van der Waals surface area contributed by atoms with Gasteiger partial charge in [-0.2, -0.15) is 10.5 Å². The molecule has 1 aromatic heterocycles. The lowest BCUT2D eigenvalue weighted by atomic mass is 9.83. The molecule has 0 N–H and O–H groups in total. The third-order valence-electron chi connectivity index (χ3n) is 6.47. The Morgan fingerprint density at radius 3 is 2.00 bits per heavy atom. The number of hydrogen-bond donors (Lipinski definition) is 0. The molecule has 2 rings (SSSR count). The summed E-state index contributed by atoms with van der Waals surface area (Å²) in [5, 5.41) is 20.9. The van der Waals surface area contributed by atoms with E-state index < -0.39 is 5.91 Å². The Hall–Kier alpha value is -2.90. The van der Waals surface area contributed by atoms with Crippen LogP contribution in [0.25, 0.3) is 6.08 Å². The van der Waals surface area contributed by atoms with E-state index in [0.29, 0.717) is 23.1 Å². The molecule has 0 fully saturated rings. The second-order valence-corrected chi connectivity index (χ2v) is 11.4. The van der Waals surface area contributed by atoms with Gasteiger partial charge in [0.2, 0.25) is 0 Å². The molecule has 0 saturated carbocycles. The molecule has 6 nitrogen and oxygen atoms in total. The van der Waals surface area contributed by atoms with E-state index in [4.69, 9.17) is 0 Å². The lowest BCUT2D eigenvalue weighted by molar-refractivity contribution is -0.140. The smallest absolute Gasteiger partial charge is 0.271 e. The number of carbonyl (C=O) groups is 2. The Kier molecular flexibility index (Phi) is 10.5. The van der Waals surface area contributed by atoms with Gasteiger partial charge < -0.3 is 4.90 Å². The van der Waals surface area contributed by atoms with E-state index in [-0.39, 0.29) is 23.4 Å². The second kappa shape index (κ2) is 12.9. The maximum absolute atomic E-state index is 13.5. The number of nitrogens with zero attached hydrogens (tertiary/aromatic N) is 4. The van der Waals surface area contributed by atoms with Crippen molar-refractivity contribution in [3.8, 4) is 12.1 Å². The first kappa shape index (κ1) is 29.3. The molecule has 0 bridgehead atoms. The first-order valence-corrected chi connectivity index (χ1v) is 13.9. The molecule has 7 heteroatoms. The van der Waals surface area contributed by atoms with Gasteiger partial charge in [0, 0.05) is 30.1 Å². The van der Waals surface area contributed by atoms with Gasteiger partial charge in [-0.25, -0.2) is 0 Å². The molecule has 0 aromatic carbocycles. The first-order valence-electron chi connectivity index (χ1n) is 13.1. The molecule has 0 radical (unpaired) electrons. The van der Waals surface area contributed by atoms with Crippen molar-refractivity contribution in [2.45, 2.75) is 92.4 Å². The van der Waals surface area contributed by atoms with Crippen molar-refractivity contribution >= 4 is 34.2 Å². The van der Waals surface area contributed by atoms with Crippen LogP contribution in [0, 0.1) is 22.7 Å². The lowest BCUT2D eigenvalue weighted by Gasteiger charge is -2.27. The topological polar surface area (TPSA) is 88.2 Å². The number of unbranched alkanes of at least 4 members (excludes halogenated alkanes) is 3. The van der Waals surface area contributed by atoms with Crippen LogP contribution in [0.15, 0.2) is 16.7 Å². The summed E-state index contributed by atoms with van der Waals surface area (Å²) in [6.07, 6.45) is 7.53. The summed E-state index contributed by atoms with van der Waals surface area (Å²) in [5.74, 6) is -0.886. The molecule has 2 heterocycles. The summed E-state index contributed by atoms with van der Waals surface area (Å²) in [6.45, 7) is 16.3. The molecule has 1 aliphatic rings. The third-order valence-corrected chi connectivity index (χ3v) is 7.66. The zero-order chi connectivity index (χ0) is 27.0. The predicted molar refractivity (Wildman–Crippen MR) is 148 cm³/mol. The second-order valence-electron chi connectivity index (χ2n) is 10.4. The SMILES string of the molecule is CCCCN1C(=O)C(C#N)=C(C)/C(=C/c2sc(N(CCCC)CCCC)c(C#N)c2C(C)(C)C)C1=O. The minimum atomic E-state index is -0.517. The van der Waals surface area contributed by atoms with Crippen LogP contribution in [0.3, 0.4) is 0 Å². The van der Waals surface area contributed by atoms with E-state index in [1.807, 2.05) is 19.1 Å². The fourth-order valence-electron chi connectivity index (χ4n) is 4.40. The molecular formula is C29H40N4O2S. The van der Waals surface area contributed by atoms with Crippen molar-refractivity contribution in [3.05, 3.63) is 32.7 Å².